The van der Waals surface area contributed by atoms with Crippen molar-refractivity contribution in [3.63, 3.8) is 0 Å². The maximum Gasteiger partial charge on any atom is 0.232 e. The van der Waals surface area contributed by atoms with Crippen LogP contribution >= 0.6 is 24.8 Å². The van der Waals surface area contributed by atoms with Crippen LogP contribution in [0.15, 0.2) is 48.5 Å². The third-order valence-corrected chi connectivity index (χ3v) is 8.55. The maximum absolute atomic E-state index is 14.0. The molecule has 0 radical (unpaired) electrons. The zero-order chi connectivity index (χ0) is 35.2. The van der Waals surface area contributed by atoms with Crippen LogP contribution in [0.4, 0.5) is 0 Å². The van der Waals surface area contributed by atoms with Gasteiger partial charge in [0.25, 0.3) is 0 Å². The van der Waals surface area contributed by atoms with Gasteiger partial charge < -0.3 is 38.5 Å². The van der Waals surface area contributed by atoms with Gasteiger partial charge >= 0.3 is 0 Å². The van der Waals surface area contributed by atoms with Crippen molar-refractivity contribution in [3.8, 4) is 40.2 Å². The first kappa shape index (κ1) is 43.4. The molecule has 3 aromatic carbocycles. The van der Waals surface area contributed by atoms with E-state index in [0.717, 1.165) is 68.8 Å². The number of hydrogen-bond donors (Lipinski definition) is 1. The summed E-state index contributed by atoms with van der Waals surface area (Å²) in [5.41, 5.74) is 2.69. The fourth-order valence-corrected chi connectivity index (χ4v) is 5.98. The third-order valence-electron chi connectivity index (χ3n) is 8.55. The molecule has 4 rings (SSSR count). The molecule has 13 heteroatoms. The molecule has 0 aliphatic carbocycles. The standard InChI is InChI=1S/C38H53N3O8.2ClH/c1-8-20-48-30-12-10-28(24-32(30)43-3)36(29-11-13-31(49-21-9-2)33(25-29)44-4)38(42)39-14-15-40-16-18-41(19-17-40)26-27-22-34(45-5)37(47-7)35(23-27)46-6;;/h10-13,22-25,36H,8-9,14-21,26H2,1-7H3,(H,39,42);2*1H. The first-order chi connectivity index (χ1) is 23.9. The summed E-state index contributed by atoms with van der Waals surface area (Å²) in [5.74, 6) is 3.68. The second kappa shape index (κ2) is 22.2. The largest absolute Gasteiger partial charge is 0.493 e. The second-order valence-corrected chi connectivity index (χ2v) is 11.9. The molecule has 1 heterocycles. The lowest BCUT2D eigenvalue weighted by atomic mass is 9.89. The van der Waals surface area contributed by atoms with E-state index in [1.807, 2.05) is 48.5 Å². The van der Waals surface area contributed by atoms with Crippen LogP contribution in [0, 0.1) is 0 Å². The summed E-state index contributed by atoms with van der Waals surface area (Å²) in [4.78, 5) is 18.8. The molecule has 0 spiro atoms. The van der Waals surface area contributed by atoms with Gasteiger partial charge in [-0.15, -0.1) is 24.8 Å². The number of amides is 1. The summed E-state index contributed by atoms with van der Waals surface area (Å²) >= 11 is 0. The number of hydrogen-bond acceptors (Lipinski definition) is 10. The fourth-order valence-electron chi connectivity index (χ4n) is 5.98. The summed E-state index contributed by atoms with van der Waals surface area (Å²) in [5, 5.41) is 3.21. The van der Waals surface area contributed by atoms with E-state index in [-0.39, 0.29) is 30.7 Å². The van der Waals surface area contributed by atoms with Gasteiger partial charge in [0.15, 0.2) is 34.5 Å². The molecule has 0 unspecified atom stereocenters. The molecule has 0 bridgehead atoms. The maximum atomic E-state index is 14.0. The van der Waals surface area contributed by atoms with Crippen molar-refractivity contribution < 1.29 is 38.0 Å². The van der Waals surface area contributed by atoms with E-state index in [2.05, 4.69) is 29.0 Å². The van der Waals surface area contributed by atoms with Crippen LogP contribution in [0.3, 0.4) is 0 Å². The zero-order valence-electron chi connectivity index (χ0n) is 31.0. The fraction of sp³-hybridized carbons (Fsp3) is 0.500. The molecule has 1 N–H and O–H groups in total. The van der Waals surface area contributed by atoms with E-state index in [1.165, 1.54) is 0 Å². The number of ether oxygens (including phenoxy) is 7. The van der Waals surface area contributed by atoms with E-state index in [0.29, 0.717) is 60.0 Å². The lowest BCUT2D eigenvalue weighted by molar-refractivity contribution is -0.121. The van der Waals surface area contributed by atoms with Crippen LogP contribution in [0.25, 0.3) is 0 Å². The van der Waals surface area contributed by atoms with Crippen LogP contribution in [0.1, 0.15) is 49.3 Å². The van der Waals surface area contributed by atoms with E-state index in [9.17, 15) is 4.79 Å². The van der Waals surface area contributed by atoms with Crippen LogP contribution < -0.4 is 38.5 Å². The number of halogens is 2. The van der Waals surface area contributed by atoms with E-state index < -0.39 is 5.92 Å². The van der Waals surface area contributed by atoms with Gasteiger partial charge in [0.1, 0.15) is 0 Å². The minimum atomic E-state index is -0.599. The van der Waals surface area contributed by atoms with Gasteiger partial charge in [-0.2, -0.15) is 0 Å². The predicted octanol–water partition coefficient (Wildman–Crippen LogP) is 6.22. The lowest BCUT2D eigenvalue weighted by Crippen LogP contribution is -2.48. The Kier molecular flexibility index (Phi) is 18.9. The quantitative estimate of drug-likeness (QED) is 0.152. The minimum Gasteiger partial charge on any atom is -0.493 e. The van der Waals surface area contributed by atoms with Crippen molar-refractivity contribution in [2.24, 2.45) is 0 Å². The Bertz CT molecular complexity index is 1420. The molecule has 51 heavy (non-hydrogen) atoms. The normalized spacial score (nSPS) is 13.0. The highest BCUT2D eigenvalue weighted by molar-refractivity contribution is 5.87. The van der Waals surface area contributed by atoms with Crippen LogP contribution in [0.2, 0.25) is 0 Å². The molecule has 0 atom stereocenters. The van der Waals surface area contributed by atoms with E-state index >= 15 is 0 Å². The number of nitrogens with zero attached hydrogens (tertiary/aromatic N) is 2. The van der Waals surface area contributed by atoms with Crippen molar-refractivity contribution >= 4 is 30.7 Å². The first-order valence-corrected chi connectivity index (χ1v) is 17.0. The number of methoxy groups -OCH3 is 5. The topological polar surface area (TPSA) is 100 Å². The number of benzene rings is 3. The molecule has 0 aromatic heterocycles. The molecule has 1 aliphatic heterocycles. The smallest absolute Gasteiger partial charge is 0.232 e. The Balaban J connectivity index is 0.00000451. The van der Waals surface area contributed by atoms with Gasteiger partial charge in [-0.25, -0.2) is 0 Å². The highest BCUT2D eigenvalue weighted by atomic mass is 35.5. The molecule has 1 aliphatic rings. The number of piperazine rings is 1. The Morgan fingerprint density at radius 2 is 1.12 bits per heavy atom. The molecule has 1 saturated heterocycles. The first-order valence-electron chi connectivity index (χ1n) is 17.0. The second-order valence-electron chi connectivity index (χ2n) is 11.9. The summed E-state index contributed by atoms with van der Waals surface area (Å²) in [6, 6.07) is 15.4. The molecule has 1 fully saturated rings. The van der Waals surface area contributed by atoms with Crippen LogP contribution in [-0.4, -0.2) is 104 Å². The average Bonchev–Trinajstić information content (AvgIpc) is 3.13. The van der Waals surface area contributed by atoms with E-state index in [4.69, 9.17) is 33.2 Å². The van der Waals surface area contributed by atoms with Gasteiger partial charge in [-0.3, -0.25) is 14.6 Å². The molecule has 11 nitrogen and oxygen atoms in total. The number of nitrogens with one attached hydrogen (secondary N) is 1. The van der Waals surface area contributed by atoms with Crippen molar-refractivity contribution in [1.29, 1.82) is 0 Å². The highest BCUT2D eigenvalue weighted by Gasteiger charge is 2.26. The Morgan fingerprint density at radius 1 is 0.647 bits per heavy atom. The molecule has 0 saturated carbocycles. The average molecular weight is 753 g/mol. The summed E-state index contributed by atoms with van der Waals surface area (Å²) in [6.45, 7) is 10.9. The van der Waals surface area contributed by atoms with Gasteiger partial charge in [0, 0.05) is 45.8 Å². The third kappa shape index (κ3) is 11.6. The van der Waals surface area contributed by atoms with Crippen molar-refractivity contribution in [2.45, 2.75) is 39.2 Å². The molecule has 3 aromatic rings. The molecular weight excluding hydrogens is 697 g/mol. The van der Waals surface area contributed by atoms with Crippen molar-refractivity contribution in [1.82, 2.24) is 15.1 Å². The van der Waals surface area contributed by atoms with Gasteiger partial charge in [-0.05, 0) is 65.9 Å². The number of rotatable bonds is 19. The number of carbonyl (C=O) groups excluding carboxylic acids is 1. The Labute approximate surface area is 315 Å². The van der Waals surface area contributed by atoms with Crippen LogP contribution in [0.5, 0.6) is 40.2 Å². The van der Waals surface area contributed by atoms with Crippen LogP contribution in [-0.2, 0) is 11.3 Å². The molecular formula is C38H55Cl2N3O8. The minimum absolute atomic E-state index is 0. The van der Waals surface area contributed by atoms with Crippen molar-refractivity contribution in [2.75, 3.05) is 88.0 Å². The Morgan fingerprint density at radius 3 is 1.55 bits per heavy atom. The monoisotopic (exact) mass is 751 g/mol. The summed E-state index contributed by atoms with van der Waals surface area (Å²) in [6.07, 6.45) is 1.76. The molecule has 284 valence electrons. The Hall–Kier alpha value is -3.77. The lowest BCUT2D eigenvalue weighted by Gasteiger charge is -2.35. The van der Waals surface area contributed by atoms with Gasteiger partial charge in [0.2, 0.25) is 11.7 Å². The van der Waals surface area contributed by atoms with Gasteiger partial charge in [-0.1, -0.05) is 26.0 Å². The van der Waals surface area contributed by atoms with Gasteiger partial charge in [0.05, 0.1) is 54.7 Å². The highest BCUT2D eigenvalue weighted by Crippen LogP contribution is 2.39. The summed E-state index contributed by atoms with van der Waals surface area (Å²) < 4.78 is 39.6. The summed E-state index contributed by atoms with van der Waals surface area (Å²) in [7, 11) is 8.10. The predicted molar refractivity (Wildman–Crippen MR) is 205 cm³/mol. The zero-order valence-corrected chi connectivity index (χ0v) is 32.6. The number of carbonyl (C=O) groups is 1. The van der Waals surface area contributed by atoms with E-state index in [1.54, 1.807) is 35.5 Å². The molecule has 1 amide bonds. The SMILES string of the molecule is CCCOc1ccc(C(C(=O)NCCN2CCN(Cc3cc(OC)c(OC)c(OC)c3)CC2)c2ccc(OCCC)c(OC)c2)cc1OC.Cl.Cl. The van der Waals surface area contributed by atoms with Crippen molar-refractivity contribution in [3.05, 3.63) is 65.2 Å².